The summed E-state index contributed by atoms with van der Waals surface area (Å²) in [6.07, 6.45) is 14.3. The van der Waals surface area contributed by atoms with E-state index in [1.807, 2.05) is 0 Å². The molecule has 5 fully saturated rings. The number of benzene rings is 3. The lowest BCUT2D eigenvalue weighted by Gasteiger charge is -2.34. The Kier molecular flexibility index (Phi) is 5.07. The maximum atomic E-state index is 2.48. The van der Waals surface area contributed by atoms with Crippen LogP contribution in [0, 0.1) is 17.8 Å². The summed E-state index contributed by atoms with van der Waals surface area (Å²) in [5.41, 5.74) is 7.40. The van der Waals surface area contributed by atoms with Crippen LogP contribution in [0.25, 0.3) is 0 Å². The van der Waals surface area contributed by atoms with E-state index in [0.29, 0.717) is 5.41 Å². The summed E-state index contributed by atoms with van der Waals surface area (Å²) in [5.74, 6) is 3.70. The lowest BCUT2D eigenvalue weighted by Crippen LogP contribution is -2.27. The smallest absolute Gasteiger partial charge is 0.0461 e. The van der Waals surface area contributed by atoms with Crippen molar-refractivity contribution in [3.05, 3.63) is 90.0 Å². The van der Waals surface area contributed by atoms with E-state index in [2.05, 4.69) is 83.8 Å². The van der Waals surface area contributed by atoms with Gasteiger partial charge in [0, 0.05) is 17.1 Å². The molecule has 0 amide bonds. The fourth-order valence-electron chi connectivity index (χ4n) is 8.57. The van der Waals surface area contributed by atoms with E-state index in [9.17, 15) is 0 Å². The summed E-state index contributed by atoms with van der Waals surface area (Å²) < 4.78 is 0. The molecule has 0 radical (unpaired) electrons. The van der Waals surface area contributed by atoms with E-state index < -0.39 is 0 Å². The van der Waals surface area contributed by atoms with Crippen molar-refractivity contribution in [2.24, 2.45) is 17.8 Å². The minimum absolute atomic E-state index is 0.491. The summed E-state index contributed by atoms with van der Waals surface area (Å²) in [7, 11) is 0. The molecule has 3 aromatic carbocycles. The van der Waals surface area contributed by atoms with Gasteiger partial charge in [-0.25, -0.2) is 0 Å². The van der Waals surface area contributed by atoms with Crippen molar-refractivity contribution in [1.29, 1.82) is 0 Å². The molecule has 0 saturated heterocycles. The van der Waals surface area contributed by atoms with Gasteiger partial charge in [-0.3, -0.25) is 0 Å². The summed E-state index contributed by atoms with van der Waals surface area (Å²) in [6, 6.07) is 30.1. The number of hydrogen-bond acceptors (Lipinski definition) is 1. The van der Waals surface area contributed by atoms with Crippen LogP contribution >= 0.6 is 0 Å². The second-order valence-electron chi connectivity index (χ2n) is 11.8. The van der Waals surface area contributed by atoms with Gasteiger partial charge in [0.25, 0.3) is 0 Å². The third kappa shape index (κ3) is 3.43. The van der Waals surface area contributed by atoms with Crippen molar-refractivity contribution in [2.75, 3.05) is 4.90 Å². The Labute approximate surface area is 205 Å². The van der Waals surface area contributed by atoms with E-state index in [1.54, 1.807) is 5.56 Å². The number of hydrogen-bond donors (Lipinski definition) is 0. The van der Waals surface area contributed by atoms with Gasteiger partial charge in [-0.15, -0.1) is 0 Å². The van der Waals surface area contributed by atoms with Crippen LogP contribution in [-0.2, 0) is 5.41 Å². The maximum absolute atomic E-state index is 2.48. The minimum Gasteiger partial charge on any atom is -0.311 e. The average Bonchev–Trinajstić information content (AvgIpc) is 3.30. The highest BCUT2D eigenvalue weighted by Gasteiger charge is 2.58. The molecule has 0 aliphatic heterocycles. The molecule has 0 aromatic heterocycles. The zero-order chi connectivity index (χ0) is 22.5. The predicted molar refractivity (Wildman–Crippen MR) is 142 cm³/mol. The van der Waals surface area contributed by atoms with Crippen LogP contribution in [-0.4, -0.2) is 0 Å². The monoisotopic (exact) mass is 447 g/mol. The van der Waals surface area contributed by atoms with Crippen LogP contribution in [0.15, 0.2) is 78.9 Å². The van der Waals surface area contributed by atoms with Gasteiger partial charge in [0.1, 0.15) is 0 Å². The van der Waals surface area contributed by atoms with Crippen LogP contribution in [0.2, 0.25) is 0 Å². The molecule has 0 N–H and O–H groups in total. The first-order chi connectivity index (χ1) is 16.8. The molecule has 5 aliphatic rings. The maximum Gasteiger partial charge on any atom is 0.0461 e. The van der Waals surface area contributed by atoms with Gasteiger partial charge < -0.3 is 4.90 Å². The highest BCUT2D eigenvalue weighted by atomic mass is 15.1. The first kappa shape index (κ1) is 20.8. The van der Waals surface area contributed by atoms with Crippen molar-refractivity contribution in [3.63, 3.8) is 0 Å². The van der Waals surface area contributed by atoms with Gasteiger partial charge in [0.15, 0.2) is 0 Å². The minimum atomic E-state index is 0.491. The second-order valence-corrected chi connectivity index (χ2v) is 11.8. The molecular formula is C33H37N. The first-order valence-corrected chi connectivity index (χ1v) is 13.8. The largest absolute Gasteiger partial charge is 0.311 e. The summed E-state index contributed by atoms with van der Waals surface area (Å²) in [4.78, 5) is 2.43. The normalized spacial score (nSPS) is 30.1. The fraction of sp³-hybridized carbons (Fsp3) is 0.455. The summed E-state index contributed by atoms with van der Waals surface area (Å²) in [6.45, 7) is 0. The molecule has 5 aliphatic carbocycles. The lowest BCUT2D eigenvalue weighted by atomic mass is 9.71. The number of anilines is 3. The Balaban J connectivity index is 1.21. The van der Waals surface area contributed by atoms with Crippen LogP contribution < -0.4 is 4.90 Å². The number of nitrogens with zero attached hydrogens (tertiary/aromatic N) is 1. The van der Waals surface area contributed by atoms with Gasteiger partial charge in [-0.05, 0) is 122 Å². The Morgan fingerprint density at radius 3 is 1.82 bits per heavy atom. The van der Waals surface area contributed by atoms with Crippen molar-refractivity contribution in [2.45, 2.75) is 75.5 Å². The average molecular weight is 448 g/mol. The summed E-state index contributed by atoms with van der Waals surface area (Å²) in [5, 5.41) is 0. The molecule has 34 heavy (non-hydrogen) atoms. The Hall–Kier alpha value is -2.54. The second kappa shape index (κ2) is 8.29. The van der Waals surface area contributed by atoms with Crippen molar-refractivity contribution < 1.29 is 0 Å². The molecule has 4 bridgehead atoms. The molecule has 1 heteroatoms. The first-order valence-electron chi connectivity index (χ1n) is 13.8. The standard InChI is InChI=1S/C33H37N/c1-3-7-26(8-4-1)27-11-15-31(16-12-27)34(30-9-5-2-6-10-30)32-17-13-28(14-18-32)33-22-24-19-25(23-33)21-29(33)20-24/h2,5-6,9-18,24-26,29H,1,3-4,7-8,19-23H2. The Bertz CT molecular complexity index is 1110. The van der Waals surface area contributed by atoms with Crippen LogP contribution in [0.3, 0.4) is 0 Å². The third-order valence-corrected chi connectivity index (χ3v) is 9.93. The molecule has 0 spiro atoms. The van der Waals surface area contributed by atoms with E-state index in [1.165, 1.54) is 86.8 Å². The predicted octanol–water partition coefficient (Wildman–Crippen LogP) is 9.28. The molecule has 0 heterocycles. The molecule has 2 atom stereocenters. The van der Waals surface area contributed by atoms with E-state index >= 15 is 0 Å². The van der Waals surface area contributed by atoms with Crippen LogP contribution in [0.4, 0.5) is 17.1 Å². The van der Waals surface area contributed by atoms with Crippen molar-refractivity contribution >= 4 is 17.1 Å². The lowest BCUT2D eigenvalue weighted by molar-refractivity contribution is 0.266. The van der Waals surface area contributed by atoms with Crippen molar-refractivity contribution in [1.82, 2.24) is 0 Å². The highest BCUT2D eigenvalue weighted by Crippen LogP contribution is 2.66. The molecule has 174 valence electrons. The van der Waals surface area contributed by atoms with Gasteiger partial charge in [-0.2, -0.15) is 0 Å². The van der Waals surface area contributed by atoms with Crippen molar-refractivity contribution in [3.8, 4) is 0 Å². The van der Waals surface area contributed by atoms with Gasteiger partial charge in [0.05, 0.1) is 0 Å². The van der Waals surface area contributed by atoms with Gasteiger partial charge >= 0.3 is 0 Å². The molecule has 2 unspecified atom stereocenters. The van der Waals surface area contributed by atoms with E-state index in [4.69, 9.17) is 0 Å². The molecule has 5 saturated carbocycles. The highest BCUT2D eigenvalue weighted by molar-refractivity contribution is 5.76. The Morgan fingerprint density at radius 1 is 0.588 bits per heavy atom. The molecular weight excluding hydrogens is 410 g/mol. The fourth-order valence-corrected chi connectivity index (χ4v) is 8.57. The molecule has 8 rings (SSSR count). The van der Waals surface area contributed by atoms with Crippen LogP contribution in [0.5, 0.6) is 0 Å². The molecule has 1 nitrogen and oxygen atoms in total. The topological polar surface area (TPSA) is 3.24 Å². The SMILES string of the molecule is c1ccc(N(c2ccc(C3CCCCC3)cc2)c2ccc(C34CC5CC(CC3C5)C4)cc2)cc1. The van der Waals surface area contributed by atoms with Crippen LogP contribution in [0.1, 0.15) is 81.3 Å². The number of para-hydroxylation sites is 1. The number of rotatable bonds is 5. The Morgan fingerprint density at radius 2 is 1.18 bits per heavy atom. The van der Waals surface area contributed by atoms with E-state index in [0.717, 1.165) is 23.7 Å². The quantitative estimate of drug-likeness (QED) is 0.376. The van der Waals surface area contributed by atoms with Gasteiger partial charge in [-0.1, -0.05) is 61.7 Å². The third-order valence-electron chi connectivity index (χ3n) is 9.93. The zero-order valence-electron chi connectivity index (χ0n) is 20.3. The molecule has 3 aromatic rings. The zero-order valence-corrected chi connectivity index (χ0v) is 20.3. The summed E-state index contributed by atoms with van der Waals surface area (Å²) >= 11 is 0. The van der Waals surface area contributed by atoms with Gasteiger partial charge in [0.2, 0.25) is 0 Å². The van der Waals surface area contributed by atoms with E-state index in [-0.39, 0.29) is 0 Å².